The summed E-state index contributed by atoms with van der Waals surface area (Å²) in [6.45, 7) is 29.2. The quantitative estimate of drug-likeness (QED) is 0.0502. The lowest BCUT2D eigenvalue weighted by Crippen LogP contribution is -2.51. The van der Waals surface area contributed by atoms with Gasteiger partial charge in [0.25, 0.3) is 0 Å². The van der Waals surface area contributed by atoms with E-state index >= 15 is 0 Å². The van der Waals surface area contributed by atoms with E-state index in [1.807, 2.05) is 0 Å². The van der Waals surface area contributed by atoms with E-state index in [1.165, 1.54) is 147 Å². The Morgan fingerprint density at radius 3 is 1.92 bits per heavy atom. The third-order valence-corrected chi connectivity index (χ3v) is 14.1. The summed E-state index contributed by atoms with van der Waals surface area (Å²) in [5.74, 6) is 2.76. The van der Waals surface area contributed by atoms with E-state index in [4.69, 9.17) is 11.3 Å². The molecule has 0 radical (unpaired) electrons. The first-order valence-electron chi connectivity index (χ1n) is 22.7. The van der Waals surface area contributed by atoms with Crippen molar-refractivity contribution in [2.24, 2.45) is 28.1 Å². The smallest absolute Gasteiger partial charge is 0.107 e. The molecule has 0 spiro atoms. The van der Waals surface area contributed by atoms with Crippen molar-refractivity contribution >= 4 is 0 Å². The molecule has 0 aromatic heterocycles. The van der Waals surface area contributed by atoms with E-state index in [9.17, 15) is 0 Å². The van der Waals surface area contributed by atoms with Crippen LogP contribution in [0, 0.1) is 28.1 Å². The molecule has 5 fully saturated rings. The summed E-state index contributed by atoms with van der Waals surface area (Å²) in [5, 5.41) is 0. The SMILES string of the molecule is C=C(CN(CC)CC)CC1(C)CC2CC(CC(=C)CC34CCC(CC3)CC4)(C1)CC(C)(OC(=C)CCCCCCC/C=C\C/C=C\CCCCC)C2. The van der Waals surface area contributed by atoms with Crippen molar-refractivity contribution in [3.8, 4) is 0 Å². The molecule has 0 amide bonds. The van der Waals surface area contributed by atoms with Crippen molar-refractivity contribution < 1.29 is 4.74 Å². The first kappa shape index (κ1) is 43.2. The van der Waals surface area contributed by atoms with E-state index in [2.05, 4.69) is 77.0 Å². The molecule has 0 aromatic carbocycles. The average Bonchev–Trinajstić information content (AvgIpc) is 3.08. The Hall–Kier alpha value is -1.54. The molecule has 2 nitrogen and oxygen atoms in total. The van der Waals surface area contributed by atoms with Crippen molar-refractivity contribution in [2.45, 2.75) is 207 Å². The number of hydrogen-bond donors (Lipinski definition) is 0. The summed E-state index contributed by atoms with van der Waals surface area (Å²) in [6.07, 6.45) is 43.1. The standard InChI is InChI=1S/C50H85NO/c1-9-12-13-14-15-16-17-18-19-20-21-22-23-24-25-26-44(6)52-48(8)37-46-36-47(7,33-43(5)39-51(10-2)11-3)40-50(38-46,41-48)35-42(4)34-49-30-27-45(28-31-49)29-32-49/h15-16,18-19,45-46H,4-6,9-14,17,20-41H2,1-3,7-8H3/b16-15-,19-18-. The maximum atomic E-state index is 7.01. The zero-order valence-corrected chi connectivity index (χ0v) is 35.4. The molecule has 5 aliphatic carbocycles. The molecular formula is C50H85NO. The second kappa shape index (κ2) is 20.9. The fourth-order valence-corrected chi connectivity index (χ4v) is 12.3. The van der Waals surface area contributed by atoms with Gasteiger partial charge in [-0.3, -0.25) is 4.90 Å². The Morgan fingerprint density at radius 2 is 1.27 bits per heavy atom. The van der Waals surface area contributed by atoms with E-state index in [0.717, 1.165) is 57.0 Å². The van der Waals surface area contributed by atoms with Gasteiger partial charge in [-0.25, -0.2) is 0 Å². The lowest BCUT2D eigenvalue weighted by molar-refractivity contribution is -0.125. The third kappa shape index (κ3) is 13.9. The molecule has 0 aliphatic heterocycles. The van der Waals surface area contributed by atoms with Crippen LogP contribution in [0.15, 0.2) is 60.9 Å². The van der Waals surface area contributed by atoms with Gasteiger partial charge in [-0.15, -0.1) is 0 Å². The van der Waals surface area contributed by atoms with Gasteiger partial charge in [0, 0.05) is 13.0 Å². The lowest BCUT2D eigenvalue weighted by atomic mass is 9.48. The largest absolute Gasteiger partial charge is 0.493 e. The van der Waals surface area contributed by atoms with Crippen LogP contribution in [0.4, 0.5) is 0 Å². The molecule has 296 valence electrons. The van der Waals surface area contributed by atoms with Gasteiger partial charge in [0.2, 0.25) is 0 Å². The highest BCUT2D eigenvalue weighted by Crippen LogP contribution is 2.63. The van der Waals surface area contributed by atoms with Gasteiger partial charge in [-0.1, -0.05) is 115 Å². The Labute approximate surface area is 324 Å². The van der Waals surface area contributed by atoms with Crippen molar-refractivity contribution in [1.82, 2.24) is 4.90 Å². The first-order chi connectivity index (χ1) is 24.9. The van der Waals surface area contributed by atoms with Crippen molar-refractivity contribution in [3.05, 3.63) is 60.9 Å². The Kier molecular flexibility index (Phi) is 17.4. The third-order valence-electron chi connectivity index (χ3n) is 14.1. The summed E-state index contributed by atoms with van der Waals surface area (Å²) in [7, 11) is 0. The number of ether oxygens (including phenoxy) is 1. The van der Waals surface area contributed by atoms with E-state index in [0.29, 0.717) is 16.7 Å². The summed E-state index contributed by atoms with van der Waals surface area (Å²) in [6, 6.07) is 0. The van der Waals surface area contributed by atoms with Crippen LogP contribution in [0.2, 0.25) is 0 Å². The zero-order valence-electron chi connectivity index (χ0n) is 35.4. The minimum absolute atomic E-state index is 0.113. The normalized spacial score (nSPS) is 31.5. The monoisotopic (exact) mass is 716 g/mol. The van der Waals surface area contributed by atoms with Crippen LogP contribution >= 0.6 is 0 Å². The number of allylic oxidation sites excluding steroid dienone is 6. The van der Waals surface area contributed by atoms with Crippen LogP contribution in [0.5, 0.6) is 0 Å². The number of likely N-dealkylation sites (N-methyl/N-ethyl adjacent to an activating group) is 1. The fraction of sp³-hybridized carbons (Fsp3) is 0.800. The zero-order chi connectivity index (χ0) is 37.5. The van der Waals surface area contributed by atoms with E-state index in [1.54, 1.807) is 5.57 Å². The minimum atomic E-state index is -0.113. The highest BCUT2D eigenvalue weighted by Gasteiger charge is 2.55. The van der Waals surface area contributed by atoms with E-state index in [-0.39, 0.29) is 11.0 Å². The van der Waals surface area contributed by atoms with Gasteiger partial charge >= 0.3 is 0 Å². The molecule has 52 heavy (non-hydrogen) atoms. The van der Waals surface area contributed by atoms with Gasteiger partial charge in [0.1, 0.15) is 5.60 Å². The second-order valence-electron chi connectivity index (χ2n) is 19.7. The topological polar surface area (TPSA) is 12.5 Å². The summed E-state index contributed by atoms with van der Waals surface area (Å²) >= 11 is 0. The van der Waals surface area contributed by atoms with Gasteiger partial charge in [-0.05, 0) is 177 Å². The van der Waals surface area contributed by atoms with Crippen LogP contribution in [0.1, 0.15) is 202 Å². The lowest BCUT2D eigenvalue weighted by Gasteiger charge is -2.58. The summed E-state index contributed by atoms with van der Waals surface area (Å²) in [4.78, 5) is 2.54. The fourth-order valence-electron chi connectivity index (χ4n) is 12.3. The number of hydrogen-bond acceptors (Lipinski definition) is 2. The minimum Gasteiger partial charge on any atom is -0.493 e. The Morgan fingerprint density at radius 1 is 0.654 bits per heavy atom. The predicted molar refractivity (Wildman–Crippen MR) is 229 cm³/mol. The van der Waals surface area contributed by atoms with Crippen LogP contribution in [-0.2, 0) is 4.74 Å². The molecular weight excluding hydrogens is 631 g/mol. The Balaban J connectivity index is 1.27. The molecule has 0 heterocycles. The molecule has 0 saturated heterocycles. The van der Waals surface area contributed by atoms with Gasteiger partial charge in [0.15, 0.2) is 0 Å². The molecule has 5 rings (SSSR count). The summed E-state index contributed by atoms with van der Waals surface area (Å²) < 4.78 is 7.01. The second-order valence-corrected chi connectivity index (χ2v) is 19.7. The molecule has 5 aliphatic rings. The van der Waals surface area contributed by atoms with Crippen LogP contribution in [0.3, 0.4) is 0 Å². The molecule has 2 heteroatoms. The molecule has 0 N–H and O–H groups in total. The van der Waals surface area contributed by atoms with Crippen molar-refractivity contribution in [3.63, 3.8) is 0 Å². The molecule has 4 atom stereocenters. The van der Waals surface area contributed by atoms with Gasteiger partial charge < -0.3 is 4.74 Å². The van der Waals surface area contributed by atoms with Gasteiger partial charge in [-0.2, -0.15) is 0 Å². The molecule has 4 bridgehead atoms. The Bertz CT molecular complexity index is 1150. The maximum absolute atomic E-state index is 7.01. The van der Waals surface area contributed by atoms with Gasteiger partial charge in [0.05, 0.1) is 5.76 Å². The number of nitrogens with zero attached hydrogens (tertiary/aromatic N) is 1. The number of rotatable bonds is 26. The number of fused-ring (bicyclic) bond motifs is 5. The molecule has 5 saturated carbocycles. The van der Waals surface area contributed by atoms with Crippen molar-refractivity contribution in [2.75, 3.05) is 19.6 Å². The van der Waals surface area contributed by atoms with E-state index < -0.39 is 0 Å². The molecule has 0 aromatic rings. The maximum Gasteiger partial charge on any atom is 0.107 e. The first-order valence-corrected chi connectivity index (χ1v) is 22.7. The number of unbranched alkanes of at least 4 members (excludes halogenated alkanes) is 8. The predicted octanol–water partition coefficient (Wildman–Crippen LogP) is 15.3. The van der Waals surface area contributed by atoms with Crippen LogP contribution < -0.4 is 0 Å². The highest BCUT2D eigenvalue weighted by atomic mass is 16.5. The highest BCUT2D eigenvalue weighted by molar-refractivity contribution is 5.15. The van der Waals surface area contributed by atoms with Crippen LogP contribution in [-0.4, -0.2) is 30.1 Å². The molecule has 4 unspecified atom stereocenters. The summed E-state index contributed by atoms with van der Waals surface area (Å²) in [5.41, 5.74) is 4.02. The average molecular weight is 716 g/mol. The van der Waals surface area contributed by atoms with Crippen molar-refractivity contribution in [1.29, 1.82) is 0 Å². The van der Waals surface area contributed by atoms with Crippen LogP contribution in [0.25, 0.3) is 0 Å².